The number of esters is 1. The highest BCUT2D eigenvalue weighted by Gasteiger charge is 2.38. The van der Waals surface area contributed by atoms with Gasteiger partial charge in [0.2, 0.25) is 11.7 Å². The predicted molar refractivity (Wildman–Crippen MR) is 112 cm³/mol. The summed E-state index contributed by atoms with van der Waals surface area (Å²) in [5, 5.41) is 12.5. The van der Waals surface area contributed by atoms with Gasteiger partial charge in [-0.05, 0) is 37.3 Å². The van der Waals surface area contributed by atoms with Crippen molar-refractivity contribution in [1.82, 2.24) is 10.4 Å². The molecule has 10 nitrogen and oxygen atoms in total. The fourth-order valence-electron chi connectivity index (χ4n) is 3.15. The fourth-order valence-corrected chi connectivity index (χ4v) is 3.28. The second kappa shape index (κ2) is 9.56. The number of rotatable bonds is 7. The Labute approximate surface area is 187 Å². The topological polar surface area (TPSA) is 136 Å². The lowest BCUT2D eigenvalue weighted by Crippen LogP contribution is -2.43. The molecule has 2 aromatic carbocycles. The molecule has 1 aliphatic heterocycles. The molecule has 0 aliphatic carbocycles. The van der Waals surface area contributed by atoms with E-state index in [4.69, 9.17) is 16.3 Å². The van der Waals surface area contributed by atoms with Gasteiger partial charge in [-0.3, -0.25) is 39.7 Å². The van der Waals surface area contributed by atoms with Gasteiger partial charge in [0.15, 0.2) is 6.10 Å². The summed E-state index contributed by atoms with van der Waals surface area (Å²) in [6, 6.07) is 11.4. The summed E-state index contributed by atoms with van der Waals surface area (Å²) in [4.78, 5) is 59.9. The van der Waals surface area contributed by atoms with Crippen LogP contribution in [0.15, 0.2) is 48.5 Å². The van der Waals surface area contributed by atoms with Gasteiger partial charge in [-0.15, -0.1) is 0 Å². The van der Waals surface area contributed by atoms with Crippen LogP contribution in [0.2, 0.25) is 5.02 Å². The number of carbonyl (C=O) groups is 4. The fraction of sp³-hybridized carbons (Fsp3) is 0.238. The van der Waals surface area contributed by atoms with Crippen LogP contribution in [0.5, 0.6) is 0 Å². The Morgan fingerprint density at radius 3 is 2.50 bits per heavy atom. The van der Waals surface area contributed by atoms with Crippen LogP contribution < -0.4 is 5.43 Å². The van der Waals surface area contributed by atoms with Crippen LogP contribution in [-0.4, -0.2) is 46.1 Å². The Morgan fingerprint density at radius 1 is 1.19 bits per heavy atom. The molecule has 0 radical (unpaired) electrons. The Hall–Kier alpha value is -3.79. The zero-order chi connectivity index (χ0) is 23.4. The summed E-state index contributed by atoms with van der Waals surface area (Å²) in [6.45, 7) is 1.23. The van der Waals surface area contributed by atoms with Crippen molar-refractivity contribution in [3.05, 3.63) is 74.8 Å². The summed E-state index contributed by atoms with van der Waals surface area (Å²) in [6.07, 6.45) is -1.33. The average Bonchev–Trinajstić information content (AvgIpc) is 3.14. The van der Waals surface area contributed by atoms with Crippen molar-refractivity contribution in [3.8, 4) is 0 Å². The molecule has 0 unspecified atom stereocenters. The molecule has 11 heteroatoms. The molecule has 0 bridgehead atoms. The highest BCUT2D eigenvalue weighted by molar-refractivity contribution is 6.30. The number of nitrogens with one attached hydrogen (secondary N) is 1. The van der Waals surface area contributed by atoms with Gasteiger partial charge in [0.25, 0.3) is 11.6 Å². The molecule has 0 aromatic heterocycles. The first-order valence-corrected chi connectivity index (χ1v) is 9.90. The van der Waals surface area contributed by atoms with Crippen molar-refractivity contribution in [3.63, 3.8) is 0 Å². The van der Waals surface area contributed by atoms with Crippen molar-refractivity contribution in [2.24, 2.45) is 5.92 Å². The minimum atomic E-state index is -1.09. The minimum absolute atomic E-state index is 0.189. The van der Waals surface area contributed by atoms with Crippen LogP contribution >= 0.6 is 11.6 Å². The molecule has 2 aromatic rings. The monoisotopic (exact) mass is 459 g/mol. The Balaban J connectivity index is 1.61. The molecule has 0 spiro atoms. The second-order valence-electron chi connectivity index (χ2n) is 7.07. The molecule has 0 saturated carbocycles. The zero-order valence-corrected chi connectivity index (χ0v) is 17.6. The smallest absolute Gasteiger partial charge is 0.312 e. The van der Waals surface area contributed by atoms with Gasteiger partial charge in [0.1, 0.15) is 5.56 Å². The number of halogens is 1. The van der Waals surface area contributed by atoms with Gasteiger partial charge in [-0.25, -0.2) is 0 Å². The van der Waals surface area contributed by atoms with E-state index in [1.807, 2.05) is 0 Å². The van der Waals surface area contributed by atoms with Gasteiger partial charge >= 0.3 is 5.97 Å². The number of benzene rings is 2. The average molecular weight is 460 g/mol. The molecular weight excluding hydrogens is 442 g/mol. The third-order valence-corrected chi connectivity index (χ3v) is 5.08. The largest absolute Gasteiger partial charge is 0.454 e. The summed E-state index contributed by atoms with van der Waals surface area (Å²) in [5.74, 6) is -3.52. The standard InChI is InChI=1S/C21H18ClN3O7/c1-12(19(27)13-6-8-15(22)9-7-13)32-21(29)14-10-18(26)24(11-14)23-20(28)16-4-2-3-5-17(16)25(30)31/h2-9,12,14H,10-11H2,1H3,(H,23,28)/t12-,14-/m1/s1. The summed E-state index contributed by atoms with van der Waals surface area (Å²) >= 11 is 5.80. The molecule has 2 atom stereocenters. The SMILES string of the molecule is C[C@@H](OC(=O)[C@@H]1CC(=O)N(NC(=O)c2ccccc2[N+](=O)[O-])C1)C(=O)c1ccc(Cl)cc1. The number of hydrazine groups is 1. The molecule has 166 valence electrons. The van der Waals surface area contributed by atoms with E-state index in [0.717, 1.165) is 5.01 Å². The number of nitrogens with zero attached hydrogens (tertiary/aromatic N) is 2. The van der Waals surface area contributed by atoms with E-state index < -0.39 is 46.2 Å². The summed E-state index contributed by atoms with van der Waals surface area (Å²) < 4.78 is 5.22. The van der Waals surface area contributed by atoms with Gasteiger partial charge in [-0.2, -0.15) is 0 Å². The molecule has 1 aliphatic rings. The summed E-state index contributed by atoms with van der Waals surface area (Å²) in [5.41, 5.74) is 1.96. The van der Waals surface area contributed by atoms with E-state index in [-0.39, 0.29) is 18.5 Å². The van der Waals surface area contributed by atoms with Crippen LogP contribution in [0, 0.1) is 16.0 Å². The molecule has 1 fully saturated rings. The van der Waals surface area contributed by atoms with E-state index in [1.165, 1.54) is 55.5 Å². The van der Waals surface area contributed by atoms with E-state index >= 15 is 0 Å². The van der Waals surface area contributed by atoms with Crippen LogP contribution in [0.25, 0.3) is 0 Å². The van der Waals surface area contributed by atoms with Gasteiger partial charge < -0.3 is 4.74 Å². The predicted octanol–water partition coefficient (Wildman–Crippen LogP) is 2.56. The van der Waals surface area contributed by atoms with Crippen LogP contribution in [0.4, 0.5) is 5.69 Å². The Morgan fingerprint density at radius 2 is 1.84 bits per heavy atom. The maximum Gasteiger partial charge on any atom is 0.312 e. The van der Waals surface area contributed by atoms with Crippen LogP contribution in [0.3, 0.4) is 0 Å². The molecule has 1 saturated heterocycles. The number of Topliss-reactive ketones (excluding diaryl/α,β-unsaturated/α-hetero) is 1. The zero-order valence-electron chi connectivity index (χ0n) is 16.8. The number of nitro benzene ring substituents is 1. The first-order chi connectivity index (χ1) is 15.2. The molecule has 1 N–H and O–H groups in total. The molecular formula is C21H18ClN3O7. The maximum atomic E-state index is 12.5. The van der Waals surface area contributed by atoms with Crippen molar-refractivity contribution in [1.29, 1.82) is 0 Å². The quantitative estimate of drug-likeness (QED) is 0.291. The number of carbonyl (C=O) groups excluding carboxylic acids is 4. The first-order valence-electron chi connectivity index (χ1n) is 9.52. The normalized spacial score (nSPS) is 16.4. The van der Waals surface area contributed by atoms with Crippen LogP contribution in [0.1, 0.15) is 34.1 Å². The number of hydrogen-bond donors (Lipinski definition) is 1. The van der Waals surface area contributed by atoms with Crippen LogP contribution in [-0.2, 0) is 14.3 Å². The molecule has 2 amide bonds. The van der Waals surface area contributed by atoms with E-state index in [1.54, 1.807) is 0 Å². The minimum Gasteiger partial charge on any atom is -0.454 e. The third-order valence-electron chi connectivity index (χ3n) is 4.83. The molecule has 1 heterocycles. The highest BCUT2D eigenvalue weighted by Crippen LogP contribution is 2.22. The lowest BCUT2D eigenvalue weighted by Gasteiger charge is -2.18. The molecule has 32 heavy (non-hydrogen) atoms. The van der Waals surface area contributed by atoms with E-state index in [2.05, 4.69) is 5.43 Å². The number of ketones is 1. The second-order valence-corrected chi connectivity index (χ2v) is 7.51. The van der Waals surface area contributed by atoms with E-state index in [0.29, 0.717) is 10.6 Å². The first kappa shape index (κ1) is 22.9. The maximum absolute atomic E-state index is 12.5. The van der Waals surface area contributed by atoms with Gasteiger partial charge in [0, 0.05) is 23.1 Å². The van der Waals surface area contributed by atoms with E-state index in [9.17, 15) is 29.3 Å². The lowest BCUT2D eigenvalue weighted by molar-refractivity contribution is -0.385. The number of amides is 2. The third kappa shape index (κ3) is 5.09. The summed E-state index contributed by atoms with van der Waals surface area (Å²) in [7, 11) is 0. The number of hydrogen-bond acceptors (Lipinski definition) is 7. The van der Waals surface area contributed by atoms with Crippen molar-refractivity contribution in [2.45, 2.75) is 19.4 Å². The van der Waals surface area contributed by atoms with Gasteiger partial charge in [0.05, 0.1) is 17.4 Å². The van der Waals surface area contributed by atoms with Gasteiger partial charge in [-0.1, -0.05) is 23.7 Å². The van der Waals surface area contributed by atoms with Crippen molar-refractivity contribution >= 4 is 40.9 Å². The Bertz CT molecular complexity index is 1090. The number of ether oxygens (including phenoxy) is 1. The number of nitro groups is 1. The highest BCUT2D eigenvalue weighted by atomic mass is 35.5. The van der Waals surface area contributed by atoms with Crippen molar-refractivity contribution < 1.29 is 28.8 Å². The Kier molecular flexibility index (Phi) is 6.84. The number of para-hydroxylation sites is 1. The lowest BCUT2D eigenvalue weighted by atomic mass is 10.1. The molecule has 3 rings (SSSR count). The van der Waals surface area contributed by atoms with Crippen molar-refractivity contribution in [2.75, 3.05) is 6.54 Å².